The maximum atomic E-state index is 11.5. The van der Waals surface area contributed by atoms with Gasteiger partial charge in [-0.25, -0.2) is 13.6 Å². The van der Waals surface area contributed by atoms with Crippen LogP contribution in [-0.2, 0) is 10.0 Å². The Labute approximate surface area is 126 Å². The van der Waals surface area contributed by atoms with Gasteiger partial charge in [0.1, 0.15) is 5.75 Å². The molecule has 6 heteroatoms. The fourth-order valence-corrected chi connectivity index (χ4v) is 3.60. The molecular formula is C15H24N2O3S. The highest BCUT2D eigenvalue weighted by Gasteiger charge is 2.26. The van der Waals surface area contributed by atoms with Crippen molar-refractivity contribution in [2.45, 2.75) is 44.0 Å². The topological polar surface area (TPSA) is 81.4 Å². The Morgan fingerprint density at radius 3 is 2.57 bits per heavy atom. The van der Waals surface area contributed by atoms with E-state index in [1.807, 2.05) is 0 Å². The Balaban J connectivity index is 2.25. The van der Waals surface area contributed by atoms with Gasteiger partial charge in [0.05, 0.1) is 17.7 Å². The van der Waals surface area contributed by atoms with Gasteiger partial charge in [-0.2, -0.15) is 0 Å². The molecule has 1 aliphatic rings. The second-order valence-corrected chi connectivity index (χ2v) is 7.61. The fraction of sp³-hybridized carbons (Fsp3) is 0.600. The van der Waals surface area contributed by atoms with Crippen molar-refractivity contribution in [2.75, 3.05) is 12.4 Å². The van der Waals surface area contributed by atoms with Crippen LogP contribution in [0.5, 0.6) is 5.75 Å². The number of methoxy groups -OCH3 is 1. The van der Waals surface area contributed by atoms with Crippen molar-refractivity contribution in [1.82, 2.24) is 0 Å². The van der Waals surface area contributed by atoms with E-state index >= 15 is 0 Å². The molecule has 3 N–H and O–H groups in total. The number of sulfonamides is 1. The van der Waals surface area contributed by atoms with Gasteiger partial charge in [0.25, 0.3) is 0 Å². The first kappa shape index (κ1) is 16.1. The maximum absolute atomic E-state index is 11.5. The van der Waals surface area contributed by atoms with Crippen LogP contribution in [0.3, 0.4) is 0 Å². The van der Waals surface area contributed by atoms with Gasteiger partial charge < -0.3 is 10.1 Å². The van der Waals surface area contributed by atoms with E-state index in [-0.39, 0.29) is 4.90 Å². The smallest absolute Gasteiger partial charge is 0.238 e. The van der Waals surface area contributed by atoms with E-state index in [0.29, 0.717) is 23.4 Å². The summed E-state index contributed by atoms with van der Waals surface area (Å²) in [4.78, 5) is 0.0997. The highest BCUT2D eigenvalue weighted by atomic mass is 32.2. The van der Waals surface area contributed by atoms with Crippen LogP contribution in [-0.4, -0.2) is 21.6 Å². The molecule has 0 radical (unpaired) electrons. The molecule has 0 heterocycles. The Morgan fingerprint density at radius 1 is 1.29 bits per heavy atom. The molecule has 2 rings (SSSR count). The molecule has 1 aromatic rings. The van der Waals surface area contributed by atoms with Crippen molar-refractivity contribution in [1.29, 1.82) is 0 Å². The minimum absolute atomic E-state index is 0.0997. The van der Waals surface area contributed by atoms with Crippen molar-refractivity contribution in [3.8, 4) is 5.75 Å². The lowest BCUT2D eigenvalue weighted by Gasteiger charge is -2.34. The molecule has 1 saturated carbocycles. The average Bonchev–Trinajstić information content (AvgIpc) is 2.41. The number of primary sulfonamides is 1. The second-order valence-electron chi connectivity index (χ2n) is 6.05. The van der Waals surface area contributed by atoms with E-state index in [4.69, 9.17) is 9.88 Å². The van der Waals surface area contributed by atoms with Crippen molar-refractivity contribution < 1.29 is 13.2 Å². The van der Waals surface area contributed by atoms with Gasteiger partial charge in [0.15, 0.2) is 0 Å². The van der Waals surface area contributed by atoms with Gasteiger partial charge in [0.2, 0.25) is 10.0 Å². The molecule has 1 aromatic carbocycles. The standard InChI is InChI=1S/C15H24N2O3S/c1-10-4-6-13(11(2)8-10)17-14-9-12(21(16,18)19)5-7-15(14)20-3/h5,7,9-11,13,17H,4,6,8H2,1-3H3,(H2,16,18,19). The summed E-state index contributed by atoms with van der Waals surface area (Å²) in [6.07, 6.45) is 3.43. The number of hydrogen-bond acceptors (Lipinski definition) is 4. The summed E-state index contributed by atoms with van der Waals surface area (Å²) in [5.41, 5.74) is 0.690. The van der Waals surface area contributed by atoms with Gasteiger partial charge >= 0.3 is 0 Å². The SMILES string of the molecule is COc1ccc(S(N)(=O)=O)cc1NC1CCC(C)CC1C. The number of nitrogens with two attached hydrogens (primary N) is 1. The predicted molar refractivity (Wildman–Crippen MR) is 84.0 cm³/mol. The third-order valence-electron chi connectivity index (χ3n) is 4.27. The molecular weight excluding hydrogens is 288 g/mol. The molecule has 118 valence electrons. The first-order chi connectivity index (χ1) is 9.81. The normalized spacial score (nSPS) is 26.4. The Bertz CT molecular complexity index is 601. The highest BCUT2D eigenvalue weighted by Crippen LogP contribution is 2.34. The van der Waals surface area contributed by atoms with Crippen LogP contribution in [0.1, 0.15) is 33.1 Å². The number of hydrogen-bond donors (Lipinski definition) is 2. The molecule has 3 unspecified atom stereocenters. The molecule has 0 spiro atoms. The van der Waals surface area contributed by atoms with Gasteiger partial charge in [-0.15, -0.1) is 0 Å². The van der Waals surface area contributed by atoms with Gasteiger partial charge in [0, 0.05) is 6.04 Å². The predicted octanol–water partition coefficient (Wildman–Crippen LogP) is 2.58. The lowest BCUT2D eigenvalue weighted by atomic mass is 9.80. The number of rotatable bonds is 4. The lowest BCUT2D eigenvalue weighted by molar-refractivity contribution is 0.276. The summed E-state index contributed by atoms with van der Waals surface area (Å²) in [5, 5.41) is 8.64. The zero-order valence-electron chi connectivity index (χ0n) is 12.8. The lowest BCUT2D eigenvalue weighted by Crippen LogP contribution is -2.33. The summed E-state index contributed by atoms with van der Waals surface area (Å²) >= 11 is 0. The highest BCUT2D eigenvalue weighted by molar-refractivity contribution is 7.89. The largest absolute Gasteiger partial charge is 0.495 e. The fourth-order valence-electron chi connectivity index (χ4n) is 3.06. The molecule has 0 aromatic heterocycles. The molecule has 5 nitrogen and oxygen atoms in total. The van der Waals surface area contributed by atoms with Crippen LogP contribution >= 0.6 is 0 Å². The Hall–Kier alpha value is -1.27. The molecule has 0 aliphatic heterocycles. The van der Waals surface area contributed by atoms with Crippen LogP contribution in [0.2, 0.25) is 0 Å². The first-order valence-electron chi connectivity index (χ1n) is 7.28. The van der Waals surface area contributed by atoms with Crippen molar-refractivity contribution in [2.24, 2.45) is 17.0 Å². The third kappa shape index (κ3) is 3.89. The molecule has 0 bridgehead atoms. The molecule has 21 heavy (non-hydrogen) atoms. The van der Waals surface area contributed by atoms with Crippen LogP contribution < -0.4 is 15.2 Å². The molecule has 1 aliphatic carbocycles. The van der Waals surface area contributed by atoms with Gasteiger partial charge in [-0.3, -0.25) is 0 Å². The van der Waals surface area contributed by atoms with E-state index in [1.54, 1.807) is 19.2 Å². The van der Waals surface area contributed by atoms with Crippen molar-refractivity contribution in [3.63, 3.8) is 0 Å². The average molecular weight is 312 g/mol. The van der Waals surface area contributed by atoms with E-state index in [9.17, 15) is 8.42 Å². The number of nitrogens with one attached hydrogen (secondary N) is 1. The van der Waals surface area contributed by atoms with E-state index in [2.05, 4.69) is 19.2 Å². The van der Waals surface area contributed by atoms with Gasteiger partial charge in [-0.1, -0.05) is 13.8 Å². The maximum Gasteiger partial charge on any atom is 0.238 e. The van der Waals surface area contributed by atoms with Crippen LogP contribution in [0.4, 0.5) is 5.69 Å². The zero-order chi connectivity index (χ0) is 15.6. The molecule has 1 fully saturated rings. The molecule has 0 saturated heterocycles. The minimum atomic E-state index is -3.71. The van der Waals surface area contributed by atoms with Crippen molar-refractivity contribution >= 4 is 15.7 Å². The van der Waals surface area contributed by atoms with E-state index < -0.39 is 10.0 Å². The number of benzene rings is 1. The van der Waals surface area contributed by atoms with E-state index in [1.165, 1.54) is 18.9 Å². The number of anilines is 1. The summed E-state index contributed by atoms with van der Waals surface area (Å²) in [5.74, 6) is 1.92. The summed E-state index contributed by atoms with van der Waals surface area (Å²) < 4.78 is 28.3. The first-order valence-corrected chi connectivity index (χ1v) is 8.83. The second kappa shape index (κ2) is 6.23. The van der Waals surface area contributed by atoms with Crippen LogP contribution in [0, 0.1) is 11.8 Å². The van der Waals surface area contributed by atoms with Crippen LogP contribution in [0.25, 0.3) is 0 Å². The monoisotopic (exact) mass is 312 g/mol. The summed E-state index contributed by atoms with van der Waals surface area (Å²) in [6.45, 7) is 4.50. The summed E-state index contributed by atoms with van der Waals surface area (Å²) in [7, 11) is -2.14. The van der Waals surface area contributed by atoms with E-state index in [0.717, 1.165) is 12.3 Å². The molecule has 0 amide bonds. The quantitative estimate of drug-likeness (QED) is 0.895. The zero-order valence-corrected chi connectivity index (χ0v) is 13.6. The number of ether oxygens (including phenoxy) is 1. The third-order valence-corrected chi connectivity index (χ3v) is 5.18. The van der Waals surface area contributed by atoms with Crippen LogP contribution in [0.15, 0.2) is 23.1 Å². The Morgan fingerprint density at radius 2 is 2.00 bits per heavy atom. The Kier molecular flexibility index (Phi) is 4.78. The minimum Gasteiger partial charge on any atom is -0.495 e. The summed E-state index contributed by atoms with van der Waals surface area (Å²) in [6, 6.07) is 4.98. The molecule has 3 atom stereocenters. The van der Waals surface area contributed by atoms with Crippen molar-refractivity contribution in [3.05, 3.63) is 18.2 Å². The van der Waals surface area contributed by atoms with Gasteiger partial charge in [-0.05, 0) is 49.3 Å².